The average Bonchev–Trinajstić information content (AvgIpc) is 2.60. The number of hydrogen-bond acceptors (Lipinski definition) is 2. The van der Waals surface area contributed by atoms with Gasteiger partial charge in [-0.05, 0) is 6.07 Å². The predicted octanol–water partition coefficient (Wildman–Crippen LogP) is 2.23. The summed E-state index contributed by atoms with van der Waals surface area (Å²) in [5.74, 6) is 0. The lowest BCUT2D eigenvalue weighted by atomic mass is 10.1. The fourth-order valence-electron chi connectivity index (χ4n) is 1.55. The van der Waals surface area contributed by atoms with Crippen LogP contribution in [-0.2, 0) is 13.7 Å². The van der Waals surface area contributed by atoms with E-state index >= 15 is 0 Å². The molecule has 0 amide bonds. The molecule has 4 heteroatoms. The SMILES string of the molecule is Cn1ncc(-c2ccccc2Cl)c1CO. The number of halogens is 1. The maximum Gasteiger partial charge on any atom is 0.0856 e. The Hall–Kier alpha value is -1.32. The van der Waals surface area contributed by atoms with Crippen LogP contribution in [-0.4, -0.2) is 14.9 Å². The van der Waals surface area contributed by atoms with Crippen molar-refractivity contribution >= 4 is 11.6 Å². The van der Waals surface area contributed by atoms with Gasteiger partial charge in [-0.3, -0.25) is 4.68 Å². The van der Waals surface area contributed by atoms with Crippen LogP contribution in [0.4, 0.5) is 0 Å². The number of nitrogens with zero attached hydrogens (tertiary/aromatic N) is 2. The van der Waals surface area contributed by atoms with Crippen molar-refractivity contribution in [3.05, 3.63) is 41.2 Å². The van der Waals surface area contributed by atoms with E-state index in [0.717, 1.165) is 16.8 Å². The molecule has 0 saturated heterocycles. The van der Waals surface area contributed by atoms with E-state index in [-0.39, 0.29) is 6.61 Å². The van der Waals surface area contributed by atoms with E-state index < -0.39 is 0 Å². The van der Waals surface area contributed by atoms with Gasteiger partial charge in [-0.1, -0.05) is 29.8 Å². The standard InChI is InChI=1S/C11H11ClN2O/c1-14-11(7-15)9(6-13-14)8-4-2-3-5-10(8)12/h2-6,15H,7H2,1H3. The molecule has 1 aromatic carbocycles. The van der Waals surface area contributed by atoms with Gasteiger partial charge >= 0.3 is 0 Å². The largest absolute Gasteiger partial charge is 0.390 e. The molecule has 0 bridgehead atoms. The second kappa shape index (κ2) is 4.04. The zero-order valence-electron chi connectivity index (χ0n) is 8.31. The van der Waals surface area contributed by atoms with Crippen LogP contribution in [0.2, 0.25) is 5.02 Å². The van der Waals surface area contributed by atoms with Crippen molar-refractivity contribution in [2.24, 2.45) is 7.05 Å². The Morgan fingerprint density at radius 1 is 1.33 bits per heavy atom. The van der Waals surface area contributed by atoms with E-state index in [1.54, 1.807) is 17.9 Å². The zero-order chi connectivity index (χ0) is 10.8. The second-order valence-corrected chi connectivity index (χ2v) is 3.67. The third kappa shape index (κ3) is 1.76. The summed E-state index contributed by atoms with van der Waals surface area (Å²) in [6.07, 6.45) is 1.72. The molecule has 0 atom stereocenters. The summed E-state index contributed by atoms with van der Waals surface area (Å²) in [4.78, 5) is 0. The van der Waals surface area contributed by atoms with Gasteiger partial charge in [0.1, 0.15) is 0 Å². The van der Waals surface area contributed by atoms with Crippen molar-refractivity contribution in [3.8, 4) is 11.1 Å². The highest BCUT2D eigenvalue weighted by Gasteiger charge is 2.11. The molecule has 2 rings (SSSR count). The highest BCUT2D eigenvalue weighted by Crippen LogP contribution is 2.29. The third-order valence-corrected chi connectivity index (χ3v) is 2.70. The van der Waals surface area contributed by atoms with Gasteiger partial charge in [0.25, 0.3) is 0 Å². The van der Waals surface area contributed by atoms with Crippen molar-refractivity contribution in [1.29, 1.82) is 0 Å². The second-order valence-electron chi connectivity index (χ2n) is 3.27. The summed E-state index contributed by atoms with van der Waals surface area (Å²) in [6.45, 7) is -0.0446. The topological polar surface area (TPSA) is 38.0 Å². The zero-order valence-corrected chi connectivity index (χ0v) is 9.07. The average molecular weight is 223 g/mol. The summed E-state index contributed by atoms with van der Waals surface area (Å²) >= 11 is 6.08. The van der Waals surface area contributed by atoms with Crippen LogP contribution in [0.15, 0.2) is 30.5 Å². The van der Waals surface area contributed by atoms with E-state index in [1.807, 2.05) is 24.3 Å². The van der Waals surface area contributed by atoms with Crippen molar-refractivity contribution < 1.29 is 5.11 Å². The number of rotatable bonds is 2. The third-order valence-electron chi connectivity index (χ3n) is 2.38. The molecule has 2 aromatic rings. The molecule has 0 aliphatic rings. The lowest BCUT2D eigenvalue weighted by molar-refractivity contribution is 0.271. The molecular formula is C11H11ClN2O. The Bertz CT molecular complexity index is 479. The van der Waals surface area contributed by atoms with Crippen LogP contribution in [0.25, 0.3) is 11.1 Å². The molecule has 0 radical (unpaired) electrons. The first-order chi connectivity index (χ1) is 7.24. The maximum atomic E-state index is 9.24. The van der Waals surface area contributed by atoms with E-state index in [0.29, 0.717) is 5.02 Å². The van der Waals surface area contributed by atoms with E-state index in [1.165, 1.54) is 0 Å². The number of hydrogen-bond donors (Lipinski definition) is 1. The molecule has 15 heavy (non-hydrogen) atoms. The molecular weight excluding hydrogens is 212 g/mol. The lowest BCUT2D eigenvalue weighted by Crippen LogP contribution is -1.98. The minimum absolute atomic E-state index is 0.0446. The molecule has 0 saturated carbocycles. The molecule has 0 unspecified atom stereocenters. The van der Waals surface area contributed by atoms with Crippen LogP contribution in [0.5, 0.6) is 0 Å². The highest BCUT2D eigenvalue weighted by atomic mass is 35.5. The van der Waals surface area contributed by atoms with Gasteiger partial charge < -0.3 is 5.11 Å². The fourth-order valence-corrected chi connectivity index (χ4v) is 1.79. The molecule has 3 nitrogen and oxygen atoms in total. The van der Waals surface area contributed by atoms with Gasteiger partial charge in [-0.25, -0.2) is 0 Å². The summed E-state index contributed by atoms with van der Waals surface area (Å²) in [7, 11) is 1.80. The first-order valence-electron chi connectivity index (χ1n) is 4.60. The lowest BCUT2D eigenvalue weighted by Gasteiger charge is -2.04. The Morgan fingerprint density at radius 3 is 2.73 bits per heavy atom. The molecule has 1 N–H and O–H groups in total. The first kappa shape index (κ1) is 10.2. The Morgan fingerprint density at radius 2 is 2.07 bits per heavy atom. The normalized spacial score (nSPS) is 10.6. The van der Waals surface area contributed by atoms with Crippen molar-refractivity contribution in [3.63, 3.8) is 0 Å². The Labute approximate surface area is 92.9 Å². The monoisotopic (exact) mass is 222 g/mol. The van der Waals surface area contributed by atoms with E-state index in [4.69, 9.17) is 11.6 Å². The summed E-state index contributed by atoms with van der Waals surface area (Å²) in [6, 6.07) is 7.53. The van der Waals surface area contributed by atoms with Crippen LogP contribution >= 0.6 is 11.6 Å². The van der Waals surface area contributed by atoms with Crippen molar-refractivity contribution in [2.75, 3.05) is 0 Å². The number of aryl methyl sites for hydroxylation is 1. The van der Waals surface area contributed by atoms with Gasteiger partial charge in [0.15, 0.2) is 0 Å². The number of aliphatic hydroxyl groups excluding tert-OH is 1. The predicted molar refractivity (Wildman–Crippen MR) is 59.6 cm³/mol. The minimum atomic E-state index is -0.0446. The molecule has 0 aliphatic carbocycles. The summed E-state index contributed by atoms with van der Waals surface area (Å²) in [5.41, 5.74) is 2.55. The minimum Gasteiger partial charge on any atom is -0.390 e. The van der Waals surface area contributed by atoms with Crippen LogP contribution in [0.1, 0.15) is 5.69 Å². The molecule has 1 heterocycles. The van der Waals surface area contributed by atoms with Crippen LogP contribution in [0.3, 0.4) is 0 Å². The van der Waals surface area contributed by atoms with Gasteiger partial charge in [0.2, 0.25) is 0 Å². The smallest absolute Gasteiger partial charge is 0.0856 e. The van der Waals surface area contributed by atoms with Gasteiger partial charge in [0, 0.05) is 23.2 Å². The maximum absolute atomic E-state index is 9.24. The quantitative estimate of drug-likeness (QED) is 0.846. The fraction of sp³-hybridized carbons (Fsp3) is 0.182. The highest BCUT2D eigenvalue weighted by molar-refractivity contribution is 6.33. The summed E-state index contributed by atoms with van der Waals surface area (Å²) in [5, 5.41) is 14.0. The number of aliphatic hydroxyl groups is 1. The van der Waals surface area contributed by atoms with Gasteiger partial charge in [-0.2, -0.15) is 5.10 Å². The van der Waals surface area contributed by atoms with E-state index in [9.17, 15) is 5.11 Å². The van der Waals surface area contributed by atoms with Crippen LogP contribution < -0.4 is 0 Å². The van der Waals surface area contributed by atoms with Crippen molar-refractivity contribution in [2.45, 2.75) is 6.61 Å². The van der Waals surface area contributed by atoms with Gasteiger partial charge in [-0.15, -0.1) is 0 Å². The number of aromatic nitrogens is 2. The molecule has 1 aromatic heterocycles. The first-order valence-corrected chi connectivity index (χ1v) is 4.98. The van der Waals surface area contributed by atoms with E-state index in [2.05, 4.69) is 5.10 Å². The number of benzene rings is 1. The molecule has 0 aliphatic heterocycles. The molecule has 0 spiro atoms. The Balaban J connectivity index is 2.59. The summed E-state index contributed by atoms with van der Waals surface area (Å²) < 4.78 is 1.65. The van der Waals surface area contributed by atoms with Crippen LogP contribution in [0, 0.1) is 0 Å². The Kier molecular flexibility index (Phi) is 2.75. The molecule has 78 valence electrons. The molecule has 0 fully saturated rings. The van der Waals surface area contributed by atoms with Gasteiger partial charge in [0.05, 0.1) is 18.5 Å². The van der Waals surface area contributed by atoms with Crippen molar-refractivity contribution in [1.82, 2.24) is 9.78 Å².